The van der Waals surface area contributed by atoms with Gasteiger partial charge >= 0.3 is 6.18 Å². The molecule has 4 nitrogen and oxygen atoms in total. The summed E-state index contributed by atoms with van der Waals surface area (Å²) in [4.78, 5) is 3.68. The Labute approximate surface area is 141 Å². The number of nitrogens with zero attached hydrogens (tertiary/aromatic N) is 3. The zero-order valence-corrected chi connectivity index (χ0v) is 13.2. The molecule has 0 fully saturated rings. The molecule has 1 aromatic carbocycles. The lowest BCUT2D eigenvalue weighted by Crippen LogP contribution is -2.06. The van der Waals surface area contributed by atoms with Gasteiger partial charge in [-0.2, -0.15) is 18.3 Å². The minimum Gasteiger partial charge on any atom is -0.381 e. The molecule has 2 heterocycles. The summed E-state index contributed by atoms with van der Waals surface area (Å²) >= 11 is 0. The van der Waals surface area contributed by atoms with Crippen molar-refractivity contribution in [3.05, 3.63) is 65.9 Å². The number of aromatic nitrogens is 3. The summed E-state index contributed by atoms with van der Waals surface area (Å²) in [6.07, 6.45) is -1.84. The fraction of sp³-hybridized carbons (Fsp3) is 0.176. The van der Waals surface area contributed by atoms with Gasteiger partial charge in [-0.25, -0.2) is 4.39 Å². The Hall–Kier alpha value is -2.90. The highest BCUT2D eigenvalue weighted by Crippen LogP contribution is 2.31. The lowest BCUT2D eigenvalue weighted by Gasteiger charge is -2.08. The molecular weight excluding hydrogens is 336 g/mol. The van der Waals surface area contributed by atoms with E-state index in [9.17, 15) is 17.6 Å². The van der Waals surface area contributed by atoms with Crippen molar-refractivity contribution in [3.8, 4) is 11.3 Å². The molecule has 0 unspecified atom stereocenters. The molecule has 1 N–H and O–H groups in total. The number of hydrogen-bond donors (Lipinski definition) is 1. The molecule has 0 aliphatic carbocycles. The van der Waals surface area contributed by atoms with Crippen LogP contribution in [0.2, 0.25) is 0 Å². The highest BCUT2D eigenvalue weighted by atomic mass is 19.4. The molecule has 0 saturated carbocycles. The van der Waals surface area contributed by atoms with Crippen molar-refractivity contribution < 1.29 is 17.6 Å². The first-order valence-electron chi connectivity index (χ1n) is 7.38. The molecule has 3 aromatic rings. The van der Waals surface area contributed by atoms with Crippen molar-refractivity contribution >= 4 is 5.69 Å². The monoisotopic (exact) mass is 350 g/mol. The van der Waals surface area contributed by atoms with Crippen molar-refractivity contribution in [1.29, 1.82) is 0 Å². The third-order valence-electron chi connectivity index (χ3n) is 3.69. The first kappa shape index (κ1) is 16.9. The zero-order chi connectivity index (χ0) is 18.0. The molecule has 0 atom stereocenters. The maximum absolute atomic E-state index is 13.5. The van der Waals surface area contributed by atoms with Crippen molar-refractivity contribution in [2.24, 2.45) is 7.05 Å². The number of hydrogen-bond acceptors (Lipinski definition) is 3. The van der Waals surface area contributed by atoms with E-state index in [0.29, 0.717) is 16.8 Å². The second-order valence-corrected chi connectivity index (χ2v) is 5.43. The van der Waals surface area contributed by atoms with E-state index in [0.717, 1.165) is 18.0 Å². The number of nitrogens with one attached hydrogen (secondary N) is 1. The van der Waals surface area contributed by atoms with Crippen molar-refractivity contribution in [2.45, 2.75) is 12.7 Å². The molecule has 8 heteroatoms. The van der Waals surface area contributed by atoms with Gasteiger partial charge in [0.25, 0.3) is 0 Å². The van der Waals surface area contributed by atoms with E-state index < -0.39 is 17.7 Å². The SMILES string of the molecule is Cn1nc(C(F)(F)F)cc1-c1ccc(NCc2ccncc2F)cc1. The molecule has 0 radical (unpaired) electrons. The van der Waals surface area contributed by atoms with Gasteiger partial charge in [0.05, 0.1) is 11.9 Å². The molecule has 0 saturated heterocycles. The first-order valence-corrected chi connectivity index (χ1v) is 7.38. The van der Waals surface area contributed by atoms with E-state index in [1.54, 1.807) is 30.3 Å². The Balaban J connectivity index is 1.75. The number of rotatable bonds is 4. The quantitative estimate of drug-likeness (QED) is 0.715. The smallest absolute Gasteiger partial charge is 0.381 e. The van der Waals surface area contributed by atoms with Gasteiger partial charge in [0.15, 0.2) is 5.69 Å². The van der Waals surface area contributed by atoms with Gasteiger partial charge in [0.2, 0.25) is 0 Å². The number of anilines is 1. The van der Waals surface area contributed by atoms with Crippen LogP contribution in [0.4, 0.5) is 23.2 Å². The Morgan fingerprint density at radius 2 is 1.84 bits per heavy atom. The lowest BCUT2D eigenvalue weighted by molar-refractivity contribution is -0.141. The molecule has 2 aromatic heterocycles. The van der Waals surface area contributed by atoms with Crippen LogP contribution in [-0.4, -0.2) is 14.8 Å². The fourth-order valence-corrected chi connectivity index (χ4v) is 2.38. The summed E-state index contributed by atoms with van der Waals surface area (Å²) < 4.78 is 52.9. The number of benzene rings is 1. The average Bonchev–Trinajstić information content (AvgIpc) is 2.97. The summed E-state index contributed by atoms with van der Waals surface area (Å²) in [5.74, 6) is -0.402. The van der Waals surface area contributed by atoms with Crippen molar-refractivity contribution in [3.63, 3.8) is 0 Å². The van der Waals surface area contributed by atoms with Gasteiger partial charge in [-0.1, -0.05) is 12.1 Å². The molecule has 25 heavy (non-hydrogen) atoms. The molecule has 130 valence electrons. The molecule has 0 aliphatic heterocycles. The fourth-order valence-electron chi connectivity index (χ4n) is 2.38. The van der Waals surface area contributed by atoms with Crippen molar-refractivity contribution in [2.75, 3.05) is 5.32 Å². The number of halogens is 4. The molecular formula is C17H14F4N4. The third-order valence-corrected chi connectivity index (χ3v) is 3.69. The average molecular weight is 350 g/mol. The molecule has 0 spiro atoms. The van der Waals surface area contributed by atoms with Gasteiger partial charge in [-0.05, 0) is 29.8 Å². The maximum Gasteiger partial charge on any atom is 0.435 e. The maximum atomic E-state index is 13.5. The summed E-state index contributed by atoms with van der Waals surface area (Å²) in [5, 5.41) is 6.55. The minimum absolute atomic E-state index is 0.275. The van der Waals surface area contributed by atoms with Crippen LogP contribution in [0.25, 0.3) is 11.3 Å². The lowest BCUT2D eigenvalue weighted by atomic mass is 10.1. The third kappa shape index (κ3) is 3.78. The van der Waals surface area contributed by atoms with Gasteiger partial charge in [0.1, 0.15) is 5.82 Å². The van der Waals surface area contributed by atoms with E-state index in [2.05, 4.69) is 15.4 Å². The van der Waals surface area contributed by atoms with Crippen LogP contribution in [0.5, 0.6) is 0 Å². The van der Waals surface area contributed by atoms with Gasteiger partial charge < -0.3 is 5.32 Å². The number of alkyl halides is 3. The van der Waals surface area contributed by atoms with Crippen LogP contribution in [0.15, 0.2) is 48.8 Å². The van der Waals surface area contributed by atoms with E-state index in [-0.39, 0.29) is 6.54 Å². The van der Waals surface area contributed by atoms with Crippen LogP contribution in [0.3, 0.4) is 0 Å². The van der Waals surface area contributed by atoms with Crippen molar-refractivity contribution in [1.82, 2.24) is 14.8 Å². The standard InChI is InChI=1S/C17H14F4N4/c1-25-15(8-16(24-25)17(19,20)21)11-2-4-13(5-3-11)23-9-12-6-7-22-10-14(12)18/h2-8,10,23H,9H2,1H3. The topological polar surface area (TPSA) is 42.7 Å². The molecule has 0 amide bonds. The second kappa shape index (κ2) is 6.54. The largest absolute Gasteiger partial charge is 0.435 e. The summed E-state index contributed by atoms with van der Waals surface area (Å²) in [6.45, 7) is 0.275. The van der Waals surface area contributed by atoms with Crippen LogP contribution in [-0.2, 0) is 19.8 Å². The molecule has 3 rings (SSSR count). The van der Waals surface area contributed by atoms with E-state index in [1.807, 2.05) is 0 Å². The Morgan fingerprint density at radius 1 is 1.12 bits per heavy atom. The molecule has 0 aliphatic rings. The second-order valence-electron chi connectivity index (χ2n) is 5.43. The summed E-state index contributed by atoms with van der Waals surface area (Å²) in [7, 11) is 1.46. The minimum atomic E-state index is -4.48. The predicted molar refractivity (Wildman–Crippen MR) is 85.2 cm³/mol. The van der Waals surface area contributed by atoms with Crippen LogP contribution >= 0.6 is 0 Å². The Kier molecular flexibility index (Phi) is 4.43. The van der Waals surface area contributed by atoms with Gasteiger partial charge in [0, 0.05) is 31.0 Å². The Morgan fingerprint density at radius 3 is 2.44 bits per heavy atom. The highest BCUT2D eigenvalue weighted by molar-refractivity contribution is 5.63. The zero-order valence-electron chi connectivity index (χ0n) is 13.2. The number of pyridine rings is 1. The Bertz CT molecular complexity index is 869. The summed E-state index contributed by atoms with van der Waals surface area (Å²) in [5.41, 5.74) is 1.23. The molecule has 0 bridgehead atoms. The van der Waals surface area contributed by atoms with Gasteiger partial charge in [-0.3, -0.25) is 9.67 Å². The van der Waals surface area contributed by atoms with E-state index in [4.69, 9.17) is 0 Å². The van der Waals surface area contributed by atoms with Crippen LogP contribution < -0.4 is 5.32 Å². The van der Waals surface area contributed by atoms with Crippen LogP contribution in [0, 0.1) is 5.82 Å². The normalized spacial score (nSPS) is 11.6. The summed E-state index contributed by atoms with van der Waals surface area (Å²) in [6, 6.07) is 9.38. The first-order chi connectivity index (χ1) is 11.8. The predicted octanol–water partition coefficient (Wildman–Crippen LogP) is 4.25. The highest BCUT2D eigenvalue weighted by Gasteiger charge is 2.34. The number of aryl methyl sites for hydroxylation is 1. The van der Waals surface area contributed by atoms with Crippen LogP contribution in [0.1, 0.15) is 11.3 Å². The van der Waals surface area contributed by atoms with E-state index >= 15 is 0 Å². The van der Waals surface area contributed by atoms with Gasteiger partial charge in [-0.15, -0.1) is 0 Å². The van der Waals surface area contributed by atoms with E-state index in [1.165, 1.54) is 17.9 Å².